The average Bonchev–Trinajstić information content (AvgIpc) is 2.16. The highest BCUT2D eigenvalue weighted by Gasteiger charge is 2.07. The van der Waals surface area contributed by atoms with Gasteiger partial charge >= 0.3 is 0 Å². The fourth-order valence-corrected chi connectivity index (χ4v) is 1.21. The van der Waals surface area contributed by atoms with Gasteiger partial charge in [-0.3, -0.25) is 0 Å². The van der Waals surface area contributed by atoms with E-state index in [-0.39, 0.29) is 6.61 Å². The van der Waals surface area contributed by atoms with Crippen molar-refractivity contribution in [3.63, 3.8) is 0 Å². The molecule has 0 fully saturated rings. The van der Waals surface area contributed by atoms with Crippen molar-refractivity contribution in [1.29, 1.82) is 0 Å². The second kappa shape index (κ2) is 4.25. The Balaban J connectivity index is 2.95. The van der Waals surface area contributed by atoms with Crippen molar-refractivity contribution in [2.45, 2.75) is 13.0 Å². The molecule has 1 atom stereocenters. The molecule has 0 saturated carbocycles. The predicted octanol–water partition coefficient (Wildman–Crippen LogP) is 1.03. The molecule has 2 N–H and O–H groups in total. The van der Waals surface area contributed by atoms with Crippen molar-refractivity contribution in [3.8, 4) is 5.75 Å². The summed E-state index contributed by atoms with van der Waals surface area (Å²) in [6, 6.07) is 5.33. The average molecular weight is 182 g/mol. The lowest BCUT2D eigenvalue weighted by Crippen LogP contribution is -2.02. The van der Waals surface area contributed by atoms with Crippen molar-refractivity contribution in [1.82, 2.24) is 0 Å². The van der Waals surface area contributed by atoms with E-state index < -0.39 is 6.10 Å². The molecule has 0 bridgehead atoms. The van der Waals surface area contributed by atoms with Crippen LogP contribution in [0.4, 0.5) is 0 Å². The molecule has 0 aliphatic rings. The number of hydrogen-bond donors (Lipinski definition) is 2. The number of benzene rings is 1. The van der Waals surface area contributed by atoms with Crippen molar-refractivity contribution < 1.29 is 14.9 Å². The minimum atomic E-state index is -0.801. The van der Waals surface area contributed by atoms with E-state index in [4.69, 9.17) is 9.84 Å². The molecule has 1 rings (SSSR count). The Labute approximate surface area is 77.6 Å². The van der Waals surface area contributed by atoms with E-state index in [2.05, 4.69) is 0 Å². The molecule has 0 spiro atoms. The van der Waals surface area contributed by atoms with Gasteiger partial charge in [-0.05, 0) is 30.2 Å². The van der Waals surface area contributed by atoms with Gasteiger partial charge in [-0.25, -0.2) is 0 Å². The molecule has 0 amide bonds. The Kier molecular flexibility index (Phi) is 3.28. The number of aryl methyl sites for hydroxylation is 1. The highest BCUT2D eigenvalue weighted by Crippen LogP contribution is 2.21. The summed E-state index contributed by atoms with van der Waals surface area (Å²) < 4.78 is 5.07. The summed E-state index contributed by atoms with van der Waals surface area (Å²) in [5.41, 5.74) is 1.66. The van der Waals surface area contributed by atoms with Crippen LogP contribution < -0.4 is 4.74 Å². The van der Waals surface area contributed by atoms with Gasteiger partial charge in [0.1, 0.15) is 11.9 Å². The normalized spacial score (nSPS) is 12.6. The quantitative estimate of drug-likeness (QED) is 0.734. The van der Waals surface area contributed by atoms with Gasteiger partial charge in [0.2, 0.25) is 0 Å². The van der Waals surface area contributed by atoms with Crippen LogP contribution in [-0.2, 0) is 0 Å². The van der Waals surface area contributed by atoms with Gasteiger partial charge in [0, 0.05) is 0 Å². The molecule has 13 heavy (non-hydrogen) atoms. The summed E-state index contributed by atoms with van der Waals surface area (Å²) in [6.45, 7) is 1.64. The van der Waals surface area contributed by atoms with E-state index in [1.54, 1.807) is 25.3 Å². The number of aliphatic hydroxyl groups excluding tert-OH is 2. The lowest BCUT2D eigenvalue weighted by atomic mass is 10.1. The van der Waals surface area contributed by atoms with Crippen LogP contribution in [0.25, 0.3) is 0 Å². The first-order valence-electron chi connectivity index (χ1n) is 4.12. The van der Waals surface area contributed by atoms with Crippen molar-refractivity contribution >= 4 is 0 Å². The molecule has 3 heteroatoms. The SMILES string of the molecule is COc1ccc(C(O)CO)cc1C. The third-order valence-corrected chi connectivity index (χ3v) is 1.98. The fourth-order valence-electron chi connectivity index (χ4n) is 1.21. The largest absolute Gasteiger partial charge is 0.496 e. The van der Waals surface area contributed by atoms with Crippen LogP contribution in [0.5, 0.6) is 5.75 Å². The molecule has 0 aliphatic carbocycles. The van der Waals surface area contributed by atoms with Crippen molar-refractivity contribution in [2.24, 2.45) is 0 Å². The third-order valence-electron chi connectivity index (χ3n) is 1.98. The van der Waals surface area contributed by atoms with Crippen LogP contribution in [0.15, 0.2) is 18.2 Å². The Morgan fingerprint density at radius 1 is 1.46 bits per heavy atom. The van der Waals surface area contributed by atoms with Gasteiger partial charge in [-0.1, -0.05) is 6.07 Å². The number of ether oxygens (including phenoxy) is 1. The molecular formula is C10H14O3. The standard InChI is InChI=1S/C10H14O3/c1-7-5-8(9(12)6-11)3-4-10(7)13-2/h3-5,9,11-12H,6H2,1-2H3. The molecule has 1 aromatic carbocycles. The lowest BCUT2D eigenvalue weighted by Gasteiger charge is -2.10. The van der Waals surface area contributed by atoms with Crippen LogP contribution in [0.1, 0.15) is 17.2 Å². The van der Waals surface area contributed by atoms with Gasteiger partial charge < -0.3 is 14.9 Å². The summed E-state index contributed by atoms with van der Waals surface area (Å²) in [5, 5.41) is 18.1. The van der Waals surface area contributed by atoms with Crippen LogP contribution in [0.2, 0.25) is 0 Å². The zero-order valence-electron chi connectivity index (χ0n) is 7.82. The van der Waals surface area contributed by atoms with Gasteiger partial charge in [0.05, 0.1) is 13.7 Å². The molecule has 3 nitrogen and oxygen atoms in total. The van der Waals surface area contributed by atoms with Crippen molar-refractivity contribution in [2.75, 3.05) is 13.7 Å². The highest BCUT2D eigenvalue weighted by molar-refractivity contribution is 5.36. The minimum absolute atomic E-state index is 0.258. The topological polar surface area (TPSA) is 49.7 Å². The van der Waals surface area contributed by atoms with E-state index >= 15 is 0 Å². The summed E-state index contributed by atoms with van der Waals surface area (Å²) in [7, 11) is 1.60. The molecule has 0 aromatic heterocycles. The zero-order valence-corrected chi connectivity index (χ0v) is 7.82. The van der Waals surface area contributed by atoms with E-state index in [1.165, 1.54) is 0 Å². The van der Waals surface area contributed by atoms with Crippen LogP contribution in [0, 0.1) is 6.92 Å². The summed E-state index contributed by atoms with van der Waals surface area (Å²) >= 11 is 0. The van der Waals surface area contributed by atoms with Gasteiger partial charge in [-0.15, -0.1) is 0 Å². The van der Waals surface area contributed by atoms with Crippen LogP contribution in [0.3, 0.4) is 0 Å². The van der Waals surface area contributed by atoms with Gasteiger partial charge in [0.25, 0.3) is 0 Å². The maximum Gasteiger partial charge on any atom is 0.121 e. The van der Waals surface area contributed by atoms with Crippen molar-refractivity contribution in [3.05, 3.63) is 29.3 Å². The second-order valence-corrected chi connectivity index (χ2v) is 2.93. The van der Waals surface area contributed by atoms with E-state index in [9.17, 15) is 5.11 Å². The number of hydrogen-bond acceptors (Lipinski definition) is 3. The highest BCUT2D eigenvalue weighted by atomic mass is 16.5. The third kappa shape index (κ3) is 2.20. The first-order chi connectivity index (χ1) is 6.19. The minimum Gasteiger partial charge on any atom is -0.496 e. The molecule has 0 saturated heterocycles. The van der Waals surface area contributed by atoms with Gasteiger partial charge in [-0.2, -0.15) is 0 Å². The number of methoxy groups -OCH3 is 1. The molecule has 72 valence electrons. The molecule has 1 aromatic rings. The molecular weight excluding hydrogens is 168 g/mol. The molecule has 0 heterocycles. The summed E-state index contributed by atoms with van der Waals surface area (Å²) in [4.78, 5) is 0. The molecule has 0 aliphatic heterocycles. The summed E-state index contributed by atoms with van der Waals surface area (Å²) in [5.74, 6) is 0.786. The Morgan fingerprint density at radius 3 is 2.62 bits per heavy atom. The Hall–Kier alpha value is -1.06. The fraction of sp³-hybridized carbons (Fsp3) is 0.400. The lowest BCUT2D eigenvalue weighted by molar-refractivity contribution is 0.0955. The number of rotatable bonds is 3. The summed E-state index contributed by atoms with van der Waals surface area (Å²) in [6.07, 6.45) is -0.801. The Bertz CT molecular complexity index is 283. The Morgan fingerprint density at radius 2 is 2.15 bits per heavy atom. The number of aliphatic hydroxyl groups is 2. The maximum atomic E-state index is 9.33. The smallest absolute Gasteiger partial charge is 0.121 e. The zero-order chi connectivity index (χ0) is 9.84. The predicted molar refractivity (Wildman–Crippen MR) is 49.8 cm³/mol. The van der Waals surface area contributed by atoms with E-state index in [0.29, 0.717) is 5.56 Å². The maximum absolute atomic E-state index is 9.33. The molecule has 1 unspecified atom stereocenters. The monoisotopic (exact) mass is 182 g/mol. The van der Waals surface area contributed by atoms with Crippen LogP contribution in [-0.4, -0.2) is 23.9 Å². The van der Waals surface area contributed by atoms with Crippen LogP contribution >= 0.6 is 0 Å². The van der Waals surface area contributed by atoms with Gasteiger partial charge in [0.15, 0.2) is 0 Å². The molecule has 0 radical (unpaired) electrons. The van der Waals surface area contributed by atoms with E-state index in [1.807, 2.05) is 6.92 Å². The first-order valence-corrected chi connectivity index (χ1v) is 4.12. The first kappa shape index (κ1) is 10.0. The van der Waals surface area contributed by atoms with E-state index in [0.717, 1.165) is 11.3 Å². The second-order valence-electron chi connectivity index (χ2n) is 2.93.